The lowest BCUT2D eigenvalue weighted by molar-refractivity contribution is -0.0251. The number of amides is 1. The molecule has 0 spiro atoms. The number of azide groups is 1. The monoisotopic (exact) mass is 778 g/mol. The maximum Gasteiger partial charge on any atom is 0.410 e. The van der Waals surface area contributed by atoms with Gasteiger partial charge >= 0.3 is 6.09 Å². The first-order valence-corrected chi connectivity index (χ1v) is 18.8. The van der Waals surface area contributed by atoms with Crippen molar-refractivity contribution in [3.8, 4) is 0 Å². The third-order valence-electron chi connectivity index (χ3n) is 7.36. The minimum Gasteiger partial charge on any atom is -0.444 e. The highest BCUT2D eigenvalue weighted by Crippen LogP contribution is 2.12. The van der Waals surface area contributed by atoms with Crippen LogP contribution in [0.3, 0.4) is 0 Å². The molecule has 0 bridgehead atoms. The Balaban J connectivity index is 1.23. The van der Waals surface area contributed by atoms with Crippen molar-refractivity contribution in [2.75, 3.05) is 178 Å². The van der Waals surface area contributed by atoms with Crippen molar-refractivity contribution in [1.82, 2.24) is 25.8 Å². The van der Waals surface area contributed by atoms with E-state index in [1.807, 2.05) is 32.0 Å². The molecule has 0 radical (unpaired) electrons. The van der Waals surface area contributed by atoms with Crippen LogP contribution in [0.15, 0.2) is 17.0 Å². The molecule has 0 aromatic rings. The number of piperazine rings is 1. The number of carbonyl (C=O) groups excluding carboxylic acids is 1. The fraction of sp³-hybridized carbons (Fsp3) is 0.912. The molecule has 2 N–H and O–H groups in total. The molecule has 54 heavy (non-hydrogen) atoms. The number of hydrogen-bond donors (Lipinski definition) is 2. The largest absolute Gasteiger partial charge is 0.444 e. The molecule has 0 aromatic heterocycles. The Morgan fingerprint density at radius 2 is 1.07 bits per heavy atom. The van der Waals surface area contributed by atoms with Crippen LogP contribution >= 0.6 is 0 Å². The molecule has 1 fully saturated rings. The van der Waals surface area contributed by atoms with Gasteiger partial charge in [0.05, 0.1) is 144 Å². The number of nitrogens with one attached hydrogen (secondary N) is 2. The topological polar surface area (TPSA) is 201 Å². The second kappa shape index (κ2) is 32.7. The van der Waals surface area contributed by atoms with E-state index in [-0.39, 0.29) is 6.09 Å². The van der Waals surface area contributed by atoms with Crippen molar-refractivity contribution in [2.45, 2.75) is 26.4 Å². The molecular weight excluding hydrogens is 712 g/mol. The van der Waals surface area contributed by atoms with Gasteiger partial charge in [-0.25, -0.2) is 4.79 Å². The van der Waals surface area contributed by atoms with E-state index in [2.05, 4.69) is 25.9 Å². The minimum absolute atomic E-state index is 0.243. The summed E-state index contributed by atoms with van der Waals surface area (Å²) in [6.07, 6.45) is 1.73. The van der Waals surface area contributed by atoms with Gasteiger partial charge in [-0.3, -0.25) is 9.91 Å². The van der Waals surface area contributed by atoms with E-state index < -0.39 is 5.60 Å². The Kier molecular flexibility index (Phi) is 28.8. The van der Waals surface area contributed by atoms with Gasteiger partial charge in [-0.15, -0.1) is 5.53 Å². The van der Waals surface area contributed by atoms with Gasteiger partial charge in [-0.1, -0.05) is 5.11 Å². The van der Waals surface area contributed by atoms with E-state index in [1.165, 1.54) is 0 Å². The Labute approximate surface area is 320 Å². The van der Waals surface area contributed by atoms with Crippen molar-refractivity contribution >= 4 is 6.09 Å². The van der Waals surface area contributed by atoms with Gasteiger partial charge in [0.1, 0.15) is 5.60 Å². The predicted octanol–water partition coefficient (Wildman–Crippen LogP) is 1.18. The second-order valence-electron chi connectivity index (χ2n) is 12.9. The van der Waals surface area contributed by atoms with Crippen LogP contribution in [0.5, 0.6) is 0 Å². The van der Waals surface area contributed by atoms with Crippen LogP contribution < -0.4 is 11.0 Å². The van der Waals surface area contributed by atoms with Gasteiger partial charge in [0.2, 0.25) is 0 Å². The fourth-order valence-corrected chi connectivity index (χ4v) is 4.62. The van der Waals surface area contributed by atoms with Crippen LogP contribution in [0.2, 0.25) is 0 Å². The van der Waals surface area contributed by atoms with Gasteiger partial charge in [-0.05, 0) is 26.3 Å². The number of hydrazine groups is 2. The van der Waals surface area contributed by atoms with Crippen molar-refractivity contribution in [1.29, 1.82) is 0 Å². The molecule has 0 aliphatic carbocycles. The van der Waals surface area contributed by atoms with Gasteiger partial charge in [0.25, 0.3) is 0 Å². The summed E-state index contributed by atoms with van der Waals surface area (Å²) in [6.45, 7) is 20.3. The molecule has 2 aliphatic heterocycles. The smallest absolute Gasteiger partial charge is 0.410 e. The van der Waals surface area contributed by atoms with Crippen molar-refractivity contribution in [3.63, 3.8) is 0 Å². The first kappa shape index (κ1) is 47.6. The highest BCUT2D eigenvalue weighted by molar-refractivity contribution is 5.68. The summed E-state index contributed by atoms with van der Waals surface area (Å²) < 4.78 is 60.5. The second-order valence-corrected chi connectivity index (χ2v) is 12.9. The van der Waals surface area contributed by atoms with Crippen molar-refractivity contribution < 1.29 is 56.9 Å². The van der Waals surface area contributed by atoms with Gasteiger partial charge in [-0.2, -0.15) is 0 Å². The normalized spacial score (nSPS) is 15.0. The lowest BCUT2D eigenvalue weighted by atomic mass is 10.2. The van der Waals surface area contributed by atoms with Crippen LogP contribution in [0.1, 0.15) is 20.8 Å². The van der Waals surface area contributed by atoms with Gasteiger partial charge in [0, 0.05) is 50.4 Å². The number of ether oxygens (including phenoxy) is 11. The zero-order chi connectivity index (χ0) is 38.8. The average Bonchev–Trinajstić information content (AvgIpc) is 3.61. The molecule has 2 rings (SSSR count). The molecule has 0 atom stereocenters. The molecule has 0 saturated carbocycles. The first-order valence-electron chi connectivity index (χ1n) is 18.8. The molecule has 0 unspecified atom stereocenters. The Hall–Kier alpha value is -2.56. The molecule has 0 aromatic carbocycles. The number of hydrogen-bond acceptors (Lipinski definition) is 17. The van der Waals surface area contributed by atoms with Crippen LogP contribution in [0.25, 0.3) is 10.4 Å². The molecule has 1 amide bonds. The molecule has 2 heterocycles. The van der Waals surface area contributed by atoms with E-state index in [9.17, 15) is 4.79 Å². The highest BCUT2D eigenvalue weighted by Gasteiger charge is 2.25. The summed E-state index contributed by atoms with van der Waals surface area (Å²) in [4.78, 5) is 18.9. The summed E-state index contributed by atoms with van der Waals surface area (Å²) in [5.74, 6) is 0. The summed E-state index contributed by atoms with van der Waals surface area (Å²) in [6, 6.07) is 0. The number of rotatable bonds is 35. The maximum absolute atomic E-state index is 12.2. The number of nitrogens with zero attached hydrogens (tertiary/aromatic N) is 6. The zero-order valence-electron chi connectivity index (χ0n) is 32.8. The highest BCUT2D eigenvalue weighted by atomic mass is 16.6. The predicted molar refractivity (Wildman–Crippen MR) is 198 cm³/mol. The third-order valence-corrected chi connectivity index (χ3v) is 7.36. The lowest BCUT2D eigenvalue weighted by Gasteiger charge is -2.35. The molecule has 1 saturated heterocycles. The van der Waals surface area contributed by atoms with E-state index >= 15 is 0 Å². The molecule has 20 heteroatoms. The Bertz CT molecular complexity index is 998. The van der Waals surface area contributed by atoms with Crippen molar-refractivity contribution in [3.05, 3.63) is 22.3 Å². The lowest BCUT2D eigenvalue weighted by Crippen LogP contribution is -2.50. The molecule has 20 nitrogen and oxygen atoms in total. The first-order chi connectivity index (χ1) is 26.4. The van der Waals surface area contributed by atoms with Crippen LogP contribution in [0, 0.1) is 0 Å². The minimum atomic E-state index is -0.476. The summed E-state index contributed by atoms with van der Waals surface area (Å²) >= 11 is 0. The van der Waals surface area contributed by atoms with Crippen molar-refractivity contribution in [2.24, 2.45) is 5.11 Å². The third kappa shape index (κ3) is 27.9. The summed E-state index contributed by atoms with van der Waals surface area (Å²) in [5.41, 5.74) is 14.8. The van der Waals surface area contributed by atoms with E-state index in [4.69, 9.17) is 57.6 Å². The summed E-state index contributed by atoms with van der Waals surface area (Å²) in [5, 5.41) is 5.30. The van der Waals surface area contributed by atoms with E-state index in [0.29, 0.717) is 158 Å². The van der Waals surface area contributed by atoms with E-state index in [0.717, 1.165) is 25.3 Å². The van der Waals surface area contributed by atoms with E-state index in [1.54, 1.807) is 4.90 Å². The molecule has 2 aliphatic rings. The number of carbonyl (C=O) groups is 1. The Morgan fingerprint density at radius 1 is 0.648 bits per heavy atom. The molecular formula is C34H66N8O12. The maximum atomic E-state index is 12.2. The average molecular weight is 779 g/mol. The van der Waals surface area contributed by atoms with Gasteiger partial charge < -0.3 is 62.4 Å². The van der Waals surface area contributed by atoms with Crippen LogP contribution in [0.4, 0.5) is 4.79 Å². The standard InChI is InChI=1S/C34H66N8O12/c1-34(2,3)54-33(43)41-7-5-40(6-8-41)9-12-53-31-32-30-42(39-37-32)10-13-45-15-17-47-19-21-49-23-25-51-27-29-52-28-26-50-24-22-48-20-18-46-16-14-44-11-4-36-38-35/h30,37,39H,4-29,31H2,1-3H3. The quantitative estimate of drug-likeness (QED) is 0.0402. The van der Waals surface area contributed by atoms with Gasteiger partial charge in [0.15, 0.2) is 0 Å². The SMILES string of the molecule is CC(C)(C)OC(=O)N1CCN(CCOCC2=CN(CCOCCOCCOCCOCCOCCOCCOCCOCCOCCN=[N+]=[N-])NN2)CC1. The molecule has 314 valence electrons. The zero-order valence-corrected chi connectivity index (χ0v) is 32.8. The fourth-order valence-electron chi connectivity index (χ4n) is 4.62. The van der Waals surface area contributed by atoms with Crippen LogP contribution in [-0.4, -0.2) is 204 Å². The summed E-state index contributed by atoms with van der Waals surface area (Å²) in [7, 11) is 0. The van der Waals surface area contributed by atoms with Crippen LogP contribution in [-0.2, 0) is 52.1 Å². The Morgan fingerprint density at radius 3 is 1.52 bits per heavy atom.